The molecule has 1 saturated carbocycles. The summed E-state index contributed by atoms with van der Waals surface area (Å²) >= 11 is 0. The highest BCUT2D eigenvalue weighted by atomic mass is 16.5. The van der Waals surface area contributed by atoms with Crippen LogP contribution in [-0.2, 0) is 4.74 Å². The standard InChI is InChI=1S/C15H29NO/c1-15(2,3)13-4-6-14(7-5-13)16-10-12-8-9-17-11-12/h12-14,16H,4-11H2,1-3H3. The highest BCUT2D eigenvalue weighted by Gasteiger charge is 2.29. The van der Waals surface area contributed by atoms with E-state index in [1.54, 1.807) is 0 Å². The van der Waals surface area contributed by atoms with Gasteiger partial charge in [0.2, 0.25) is 0 Å². The van der Waals surface area contributed by atoms with Crippen LogP contribution in [0.25, 0.3) is 0 Å². The fraction of sp³-hybridized carbons (Fsp3) is 1.00. The van der Waals surface area contributed by atoms with Crippen LogP contribution in [0.5, 0.6) is 0 Å². The van der Waals surface area contributed by atoms with E-state index in [0.717, 1.165) is 31.1 Å². The highest BCUT2D eigenvalue weighted by molar-refractivity contribution is 4.84. The predicted molar refractivity (Wildman–Crippen MR) is 72.1 cm³/mol. The van der Waals surface area contributed by atoms with Crippen molar-refractivity contribution in [2.24, 2.45) is 17.3 Å². The van der Waals surface area contributed by atoms with Gasteiger partial charge in [0.15, 0.2) is 0 Å². The molecule has 0 aromatic rings. The summed E-state index contributed by atoms with van der Waals surface area (Å²) in [5.74, 6) is 1.70. The van der Waals surface area contributed by atoms with E-state index in [1.165, 1.54) is 38.6 Å². The molecule has 2 nitrogen and oxygen atoms in total. The predicted octanol–water partition coefficient (Wildman–Crippen LogP) is 3.22. The molecule has 1 aliphatic heterocycles. The molecule has 2 aliphatic rings. The van der Waals surface area contributed by atoms with Gasteiger partial charge in [-0.15, -0.1) is 0 Å². The van der Waals surface area contributed by atoms with Gasteiger partial charge in [-0.25, -0.2) is 0 Å². The molecule has 2 fully saturated rings. The van der Waals surface area contributed by atoms with E-state index in [0.29, 0.717) is 5.41 Å². The van der Waals surface area contributed by atoms with Gasteiger partial charge in [-0.3, -0.25) is 0 Å². The van der Waals surface area contributed by atoms with Crippen LogP contribution in [0.3, 0.4) is 0 Å². The third-order valence-electron chi connectivity index (χ3n) is 4.67. The molecule has 0 aromatic carbocycles. The number of nitrogens with one attached hydrogen (secondary N) is 1. The van der Waals surface area contributed by atoms with Gasteiger partial charge < -0.3 is 10.1 Å². The van der Waals surface area contributed by atoms with E-state index in [4.69, 9.17) is 4.74 Å². The van der Waals surface area contributed by atoms with Crippen molar-refractivity contribution in [3.63, 3.8) is 0 Å². The third-order valence-corrected chi connectivity index (χ3v) is 4.67. The molecule has 1 aliphatic carbocycles. The minimum Gasteiger partial charge on any atom is -0.381 e. The minimum atomic E-state index is 0.504. The van der Waals surface area contributed by atoms with Gasteiger partial charge in [0, 0.05) is 19.2 Å². The van der Waals surface area contributed by atoms with Crippen LogP contribution < -0.4 is 5.32 Å². The first-order valence-electron chi connectivity index (χ1n) is 7.37. The summed E-state index contributed by atoms with van der Waals surface area (Å²) in [5.41, 5.74) is 0.504. The molecule has 100 valence electrons. The van der Waals surface area contributed by atoms with Gasteiger partial charge >= 0.3 is 0 Å². The van der Waals surface area contributed by atoms with Crippen molar-refractivity contribution in [2.45, 2.75) is 58.9 Å². The van der Waals surface area contributed by atoms with E-state index in [1.807, 2.05) is 0 Å². The summed E-state index contributed by atoms with van der Waals surface area (Å²) in [6.07, 6.45) is 6.81. The highest BCUT2D eigenvalue weighted by Crippen LogP contribution is 2.37. The quantitative estimate of drug-likeness (QED) is 0.816. The zero-order valence-electron chi connectivity index (χ0n) is 11.8. The number of hydrogen-bond acceptors (Lipinski definition) is 2. The van der Waals surface area contributed by atoms with E-state index in [-0.39, 0.29) is 0 Å². The van der Waals surface area contributed by atoms with Crippen LogP contribution in [0.15, 0.2) is 0 Å². The maximum atomic E-state index is 5.42. The molecule has 1 N–H and O–H groups in total. The van der Waals surface area contributed by atoms with Crippen LogP contribution in [0.4, 0.5) is 0 Å². The maximum absolute atomic E-state index is 5.42. The summed E-state index contributed by atoms with van der Waals surface area (Å²) in [6.45, 7) is 10.3. The summed E-state index contributed by atoms with van der Waals surface area (Å²) in [6, 6.07) is 0.772. The first-order chi connectivity index (χ1) is 8.05. The molecule has 0 aromatic heterocycles. The summed E-state index contributed by atoms with van der Waals surface area (Å²) in [7, 11) is 0. The van der Waals surface area contributed by atoms with Crippen molar-refractivity contribution in [1.29, 1.82) is 0 Å². The van der Waals surface area contributed by atoms with Crippen LogP contribution >= 0.6 is 0 Å². The SMILES string of the molecule is CC(C)(C)C1CCC(NCC2CCOC2)CC1. The lowest BCUT2D eigenvalue weighted by Gasteiger charge is -2.37. The van der Waals surface area contributed by atoms with Crippen molar-refractivity contribution >= 4 is 0 Å². The maximum Gasteiger partial charge on any atom is 0.0507 e. The molecule has 1 atom stereocenters. The van der Waals surface area contributed by atoms with Gasteiger partial charge in [0.1, 0.15) is 0 Å². The number of rotatable bonds is 3. The lowest BCUT2D eigenvalue weighted by Crippen LogP contribution is -2.38. The first-order valence-corrected chi connectivity index (χ1v) is 7.37. The molecule has 1 saturated heterocycles. The molecule has 0 bridgehead atoms. The Bertz CT molecular complexity index is 220. The molecule has 0 radical (unpaired) electrons. The lowest BCUT2D eigenvalue weighted by atomic mass is 9.71. The molecular formula is C15H29NO. The molecule has 17 heavy (non-hydrogen) atoms. The van der Waals surface area contributed by atoms with E-state index >= 15 is 0 Å². The minimum absolute atomic E-state index is 0.504. The van der Waals surface area contributed by atoms with Crippen LogP contribution in [0.2, 0.25) is 0 Å². The Morgan fingerprint density at radius 2 is 1.76 bits per heavy atom. The topological polar surface area (TPSA) is 21.3 Å². The first kappa shape index (κ1) is 13.4. The van der Waals surface area contributed by atoms with E-state index in [2.05, 4.69) is 26.1 Å². The van der Waals surface area contributed by atoms with Crippen molar-refractivity contribution < 1.29 is 4.74 Å². The van der Waals surface area contributed by atoms with Crippen LogP contribution in [0.1, 0.15) is 52.9 Å². The van der Waals surface area contributed by atoms with E-state index in [9.17, 15) is 0 Å². The second-order valence-electron chi connectivity index (χ2n) is 7.05. The molecule has 0 spiro atoms. The van der Waals surface area contributed by atoms with Gasteiger partial charge in [-0.2, -0.15) is 0 Å². The third kappa shape index (κ3) is 3.96. The summed E-state index contributed by atoms with van der Waals surface area (Å²) in [4.78, 5) is 0. The molecule has 2 rings (SSSR count). The second kappa shape index (κ2) is 5.71. The second-order valence-corrected chi connectivity index (χ2v) is 7.05. The fourth-order valence-electron chi connectivity index (χ4n) is 3.24. The summed E-state index contributed by atoms with van der Waals surface area (Å²) < 4.78 is 5.42. The smallest absolute Gasteiger partial charge is 0.0507 e. The number of ether oxygens (including phenoxy) is 1. The average Bonchev–Trinajstić information content (AvgIpc) is 2.78. The van der Waals surface area contributed by atoms with Crippen molar-refractivity contribution in [2.75, 3.05) is 19.8 Å². The normalized spacial score (nSPS) is 35.1. The van der Waals surface area contributed by atoms with Gasteiger partial charge in [-0.1, -0.05) is 20.8 Å². The Labute approximate surface area is 107 Å². The van der Waals surface area contributed by atoms with Gasteiger partial charge in [-0.05, 0) is 49.4 Å². The summed E-state index contributed by atoms with van der Waals surface area (Å²) in [5, 5.41) is 3.76. The van der Waals surface area contributed by atoms with Gasteiger partial charge in [0.05, 0.1) is 6.61 Å². The zero-order valence-corrected chi connectivity index (χ0v) is 11.8. The fourth-order valence-corrected chi connectivity index (χ4v) is 3.24. The lowest BCUT2D eigenvalue weighted by molar-refractivity contribution is 0.155. The van der Waals surface area contributed by atoms with Crippen LogP contribution in [-0.4, -0.2) is 25.8 Å². The molecule has 1 unspecified atom stereocenters. The monoisotopic (exact) mass is 239 g/mol. The molecule has 0 amide bonds. The van der Waals surface area contributed by atoms with Crippen molar-refractivity contribution in [1.82, 2.24) is 5.32 Å². The van der Waals surface area contributed by atoms with E-state index < -0.39 is 0 Å². The Morgan fingerprint density at radius 1 is 1.06 bits per heavy atom. The Kier molecular flexibility index (Phi) is 4.48. The number of hydrogen-bond donors (Lipinski definition) is 1. The molecule has 2 heteroatoms. The van der Waals surface area contributed by atoms with Crippen LogP contribution in [0, 0.1) is 17.3 Å². The largest absolute Gasteiger partial charge is 0.381 e. The van der Waals surface area contributed by atoms with Crippen molar-refractivity contribution in [3.8, 4) is 0 Å². The van der Waals surface area contributed by atoms with Crippen molar-refractivity contribution in [3.05, 3.63) is 0 Å². The zero-order chi connectivity index (χ0) is 12.3. The Hall–Kier alpha value is -0.0800. The molecule has 1 heterocycles. The van der Waals surface area contributed by atoms with Gasteiger partial charge in [0.25, 0.3) is 0 Å². The average molecular weight is 239 g/mol. The molecular weight excluding hydrogens is 210 g/mol. The Balaban J connectivity index is 1.65. The Morgan fingerprint density at radius 3 is 2.29 bits per heavy atom.